The van der Waals surface area contributed by atoms with Crippen molar-refractivity contribution in [3.63, 3.8) is 0 Å². The lowest BCUT2D eigenvalue weighted by atomic mass is 9.99. The summed E-state index contributed by atoms with van der Waals surface area (Å²) in [7, 11) is -3.58. The van der Waals surface area contributed by atoms with Gasteiger partial charge in [0.15, 0.2) is 0 Å². The van der Waals surface area contributed by atoms with Crippen molar-refractivity contribution in [2.45, 2.75) is 50.0 Å². The Labute approximate surface area is 192 Å². The quantitative estimate of drug-likeness (QED) is 0.659. The van der Waals surface area contributed by atoms with Crippen LogP contribution in [0.2, 0.25) is 5.02 Å². The van der Waals surface area contributed by atoms with Gasteiger partial charge in [-0.3, -0.25) is 4.79 Å². The summed E-state index contributed by atoms with van der Waals surface area (Å²) in [5.74, 6) is 0.0173. The number of hydrogen-bond donors (Lipinski definition) is 0. The first-order valence-corrected chi connectivity index (χ1v) is 12.9. The first-order valence-electron chi connectivity index (χ1n) is 10.2. The number of ether oxygens (including phenoxy) is 1. The number of sulfonamides is 1. The van der Waals surface area contributed by atoms with Crippen LogP contribution >= 0.6 is 22.9 Å². The highest BCUT2D eigenvalue weighted by Gasteiger charge is 2.38. The second kappa shape index (κ2) is 8.44. The molecule has 0 unspecified atom stereocenters. The van der Waals surface area contributed by atoms with Crippen LogP contribution in [0.3, 0.4) is 0 Å². The summed E-state index contributed by atoms with van der Waals surface area (Å²) in [5.41, 5.74) is 0.930. The van der Waals surface area contributed by atoms with Gasteiger partial charge < -0.3 is 9.64 Å². The summed E-state index contributed by atoms with van der Waals surface area (Å²) in [4.78, 5) is 19.4. The SMILES string of the molecule is Cc1ccc(S(=O)(=O)N2CCC(c3nc(C(=O)N4COCC4(C)C)cs3)CC2)cc1Cl. The van der Waals surface area contributed by atoms with Gasteiger partial charge in [0.05, 0.1) is 22.0 Å². The van der Waals surface area contributed by atoms with Crippen molar-refractivity contribution in [2.75, 3.05) is 26.4 Å². The summed E-state index contributed by atoms with van der Waals surface area (Å²) in [6.07, 6.45) is 1.33. The van der Waals surface area contributed by atoms with E-state index in [9.17, 15) is 13.2 Å². The second-order valence-corrected chi connectivity index (χ2v) is 11.9. The molecule has 0 N–H and O–H groups in total. The van der Waals surface area contributed by atoms with E-state index >= 15 is 0 Å². The highest BCUT2D eigenvalue weighted by atomic mass is 35.5. The number of nitrogens with zero attached hydrogens (tertiary/aromatic N) is 3. The van der Waals surface area contributed by atoms with Crippen molar-refractivity contribution >= 4 is 38.9 Å². The number of carbonyl (C=O) groups is 1. The van der Waals surface area contributed by atoms with Crippen LogP contribution in [-0.2, 0) is 14.8 Å². The largest absolute Gasteiger partial charge is 0.359 e. The molecule has 2 aliphatic rings. The standard InChI is InChI=1S/C21H26ClN3O4S2/c1-14-4-5-16(10-17(14)22)31(27,28)24-8-6-15(7-9-24)19-23-18(11-30-19)20(26)25-13-29-12-21(25,2)3/h4-5,10-11,15H,6-9,12-13H2,1-3H3. The average Bonchev–Trinajstić information content (AvgIpc) is 3.36. The number of aromatic nitrogens is 1. The van der Waals surface area contributed by atoms with Gasteiger partial charge in [-0.25, -0.2) is 13.4 Å². The van der Waals surface area contributed by atoms with Crippen molar-refractivity contribution in [2.24, 2.45) is 0 Å². The van der Waals surface area contributed by atoms with Crippen molar-refractivity contribution in [3.8, 4) is 0 Å². The predicted molar refractivity (Wildman–Crippen MR) is 120 cm³/mol. The molecule has 7 nitrogen and oxygen atoms in total. The maximum Gasteiger partial charge on any atom is 0.275 e. The van der Waals surface area contributed by atoms with E-state index in [1.165, 1.54) is 21.7 Å². The van der Waals surface area contributed by atoms with Gasteiger partial charge in [0, 0.05) is 29.4 Å². The molecule has 0 saturated carbocycles. The molecule has 0 bridgehead atoms. The molecular weight excluding hydrogens is 458 g/mol. The number of amides is 1. The molecule has 3 heterocycles. The van der Waals surface area contributed by atoms with Crippen LogP contribution in [0.4, 0.5) is 0 Å². The first kappa shape index (κ1) is 22.7. The Kier molecular flexibility index (Phi) is 6.17. The topological polar surface area (TPSA) is 79.8 Å². The molecule has 0 spiro atoms. The molecule has 1 aromatic carbocycles. The average molecular weight is 484 g/mol. The molecule has 0 aliphatic carbocycles. The van der Waals surface area contributed by atoms with Crippen molar-refractivity contribution < 1.29 is 17.9 Å². The molecule has 31 heavy (non-hydrogen) atoms. The lowest BCUT2D eigenvalue weighted by molar-refractivity contribution is 0.0600. The summed E-state index contributed by atoms with van der Waals surface area (Å²) >= 11 is 7.59. The molecule has 168 valence electrons. The predicted octanol–water partition coefficient (Wildman–Crippen LogP) is 3.88. The van der Waals surface area contributed by atoms with Crippen LogP contribution in [0.15, 0.2) is 28.5 Å². The van der Waals surface area contributed by atoms with Gasteiger partial charge in [0.1, 0.15) is 12.4 Å². The maximum atomic E-state index is 13.0. The first-order chi connectivity index (χ1) is 14.6. The van der Waals surface area contributed by atoms with Crippen LogP contribution < -0.4 is 0 Å². The van der Waals surface area contributed by atoms with Crippen LogP contribution in [-0.4, -0.2) is 60.5 Å². The fourth-order valence-corrected chi connectivity index (χ4v) is 6.62. The van der Waals surface area contributed by atoms with Crippen molar-refractivity contribution in [3.05, 3.63) is 44.9 Å². The van der Waals surface area contributed by atoms with E-state index in [0.29, 0.717) is 43.3 Å². The number of thiazole rings is 1. The molecule has 10 heteroatoms. The van der Waals surface area contributed by atoms with E-state index in [4.69, 9.17) is 16.3 Å². The lowest BCUT2D eigenvalue weighted by Crippen LogP contribution is -2.44. The molecule has 4 rings (SSSR count). The molecule has 2 saturated heterocycles. The third-order valence-corrected chi connectivity index (χ3v) is 9.29. The van der Waals surface area contributed by atoms with E-state index in [1.807, 2.05) is 20.8 Å². The smallest absolute Gasteiger partial charge is 0.275 e. The van der Waals surface area contributed by atoms with Gasteiger partial charge in [0.25, 0.3) is 5.91 Å². The molecule has 1 amide bonds. The molecule has 0 atom stereocenters. The van der Waals surface area contributed by atoms with Gasteiger partial charge in [-0.05, 0) is 51.3 Å². The maximum absolute atomic E-state index is 13.0. The van der Waals surface area contributed by atoms with Crippen molar-refractivity contribution in [1.82, 2.24) is 14.2 Å². The third-order valence-electron chi connectivity index (χ3n) is 5.98. The fourth-order valence-electron chi connectivity index (χ4n) is 3.91. The molecule has 2 fully saturated rings. The molecule has 2 aromatic rings. The summed E-state index contributed by atoms with van der Waals surface area (Å²) in [5, 5.41) is 3.13. The number of rotatable bonds is 4. The summed E-state index contributed by atoms with van der Waals surface area (Å²) in [6.45, 7) is 7.40. The Bertz CT molecular complexity index is 1090. The lowest BCUT2D eigenvalue weighted by Gasteiger charge is -2.30. The number of piperidine rings is 1. The van der Waals surface area contributed by atoms with Gasteiger partial charge in [-0.15, -0.1) is 11.3 Å². The minimum atomic E-state index is -3.58. The van der Waals surface area contributed by atoms with Crippen molar-refractivity contribution in [1.29, 1.82) is 0 Å². The minimum Gasteiger partial charge on any atom is -0.359 e. The van der Waals surface area contributed by atoms with Gasteiger partial charge in [-0.2, -0.15) is 4.31 Å². The van der Waals surface area contributed by atoms with E-state index in [0.717, 1.165) is 10.6 Å². The van der Waals surface area contributed by atoms with E-state index in [-0.39, 0.29) is 29.0 Å². The third kappa shape index (κ3) is 4.39. The van der Waals surface area contributed by atoms with Crippen LogP contribution in [0.1, 0.15) is 53.7 Å². The number of hydrogen-bond acceptors (Lipinski definition) is 6. The number of carbonyl (C=O) groups excluding carboxylic acids is 1. The summed E-state index contributed by atoms with van der Waals surface area (Å²) < 4.78 is 32.9. The Morgan fingerprint density at radius 2 is 2.00 bits per heavy atom. The number of benzene rings is 1. The Morgan fingerprint density at radius 3 is 2.61 bits per heavy atom. The van der Waals surface area contributed by atoms with Crippen LogP contribution in [0, 0.1) is 6.92 Å². The van der Waals surface area contributed by atoms with Gasteiger partial charge in [-0.1, -0.05) is 17.7 Å². The molecular formula is C21H26ClN3O4S2. The summed E-state index contributed by atoms with van der Waals surface area (Å²) in [6, 6.07) is 4.84. The molecule has 0 radical (unpaired) electrons. The van der Waals surface area contributed by atoms with E-state index in [2.05, 4.69) is 4.98 Å². The Hall–Kier alpha value is -1.52. The highest BCUT2D eigenvalue weighted by molar-refractivity contribution is 7.89. The van der Waals surface area contributed by atoms with E-state index in [1.54, 1.807) is 22.4 Å². The Balaban J connectivity index is 1.42. The molecule has 1 aromatic heterocycles. The zero-order valence-corrected chi connectivity index (χ0v) is 20.2. The molecule has 2 aliphatic heterocycles. The monoisotopic (exact) mass is 483 g/mol. The van der Waals surface area contributed by atoms with Gasteiger partial charge in [0.2, 0.25) is 10.0 Å². The minimum absolute atomic E-state index is 0.124. The fraction of sp³-hybridized carbons (Fsp3) is 0.524. The van der Waals surface area contributed by atoms with E-state index < -0.39 is 10.0 Å². The zero-order valence-electron chi connectivity index (χ0n) is 17.8. The number of halogens is 1. The van der Waals surface area contributed by atoms with Gasteiger partial charge >= 0.3 is 0 Å². The second-order valence-electron chi connectivity index (χ2n) is 8.68. The highest BCUT2D eigenvalue weighted by Crippen LogP contribution is 2.34. The Morgan fingerprint density at radius 1 is 1.29 bits per heavy atom. The normalized spacial score (nSPS) is 20.3. The number of aryl methyl sites for hydroxylation is 1. The van der Waals surface area contributed by atoms with Crippen LogP contribution in [0.5, 0.6) is 0 Å². The van der Waals surface area contributed by atoms with Crippen LogP contribution in [0.25, 0.3) is 0 Å². The zero-order chi connectivity index (χ0) is 22.4.